The molecule has 1 atom stereocenters. The molecule has 0 fully saturated rings. The molecule has 0 radical (unpaired) electrons. The molecule has 0 saturated carbocycles. The second-order valence-corrected chi connectivity index (χ2v) is 4.90. The summed E-state index contributed by atoms with van der Waals surface area (Å²) in [6.45, 7) is 0. The first-order valence-electron chi connectivity index (χ1n) is 5.72. The molecular weight excluding hydrogens is 236 g/mol. The van der Waals surface area contributed by atoms with E-state index >= 15 is 0 Å². The molecule has 4 heteroatoms. The van der Waals surface area contributed by atoms with E-state index in [0.29, 0.717) is 11.8 Å². The number of benzene rings is 1. The Kier molecular flexibility index (Phi) is 2.56. The number of aromatic nitrogens is 1. The van der Waals surface area contributed by atoms with Gasteiger partial charge in [-0.05, 0) is 36.5 Å². The largest absolute Gasteiger partial charge is 0.367 e. The Morgan fingerprint density at radius 2 is 2.29 bits per heavy atom. The van der Waals surface area contributed by atoms with Crippen LogP contribution in [0.3, 0.4) is 0 Å². The van der Waals surface area contributed by atoms with Crippen molar-refractivity contribution < 1.29 is 4.52 Å². The van der Waals surface area contributed by atoms with Crippen LogP contribution in [0.2, 0.25) is 5.02 Å². The van der Waals surface area contributed by atoms with Crippen molar-refractivity contribution in [3.8, 4) is 0 Å². The highest BCUT2D eigenvalue weighted by Crippen LogP contribution is 2.35. The third kappa shape index (κ3) is 1.91. The molecule has 0 saturated heterocycles. The predicted octanol–water partition coefficient (Wildman–Crippen LogP) is 3.18. The van der Waals surface area contributed by atoms with Crippen LogP contribution in [0.5, 0.6) is 0 Å². The van der Waals surface area contributed by atoms with Crippen molar-refractivity contribution in [2.24, 2.45) is 0 Å². The summed E-state index contributed by atoms with van der Waals surface area (Å²) in [5, 5.41) is 4.81. The van der Waals surface area contributed by atoms with Gasteiger partial charge in [0.25, 0.3) is 0 Å². The Morgan fingerprint density at radius 1 is 1.41 bits per heavy atom. The molecule has 2 aromatic rings. The van der Waals surface area contributed by atoms with Gasteiger partial charge in [-0.2, -0.15) is 0 Å². The van der Waals surface area contributed by atoms with E-state index in [9.17, 15) is 0 Å². The Morgan fingerprint density at radius 3 is 3.12 bits per heavy atom. The Hall–Kier alpha value is -1.48. The fraction of sp³-hybridized carbons (Fsp3) is 0.308. The summed E-state index contributed by atoms with van der Waals surface area (Å²) >= 11 is 6.01. The first-order chi connectivity index (χ1) is 8.24. The number of fused-ring (bicyclic) bond motifs is 1. The van der Waals surface area contributed by atoms with E-state index in [2.05, 4.69) is 11.2 Å². The lowest BCUT2D eigenvalue weighted by Gasteiger charge is -2.21. The van der Waals surface area contributed by atoms with Gasteiger partial charge < -0.3 is 10.3 Å². The average molecular weight is 249 g/mol. The number of nitrogens with two attached hydrogens (primary N) is 1. The van der Waals surface area contributed by atoms with Crippen LogP contribution in [-0.2, 0) is 12.8 Å². The highest BCUT2D eigenvalue weighted by molar-refractivity contribution is 6.30. The molecule has 0 amide bonds. The highest BCUT2D eigenvalue weighted by atomic mass is 35.5. The molecule has 1 heterocycles. The van der Waals surface area contributed by atoms with Gasteiger partial charge in [0.15, 0.2) is 0 Å². The summed E-state index contributed by atoms with van der Waals surface area (Å²) in [7, 11) is 0. The van der Waals surface area contributed by atoms with Crippen molar-refractivity contribution in [1.82, 2.24) is 5.16 Å². The van der Waals surface area contributed by atoms with Crippen LogP contribution < -0.4 is 5.73 Å². The number of nitrogen functional groups attached to an aromatic ring is 1. The lowest BCUT2D eigenvalue weighted by atomic mass is 9.83. The minimum Gasteiger partial charge on any atom is -0.367 e. The zero-order chi connectivity index (χ0) is 11.8. The van der Waals surface area contributed by atoms with E-state index in [1.807, 2.05) is 18.2 Å². The number of nitrogens with zero attached hydrogens (tertiary/aromatic N) is 1. The summed E-state index contributed by atoms with van der Waals surface area (Å²) in [5.41, 5.74) is 9.07. The molecule has 3 rings (SSSR count). The van der Waals surface area contributed by atoms with Crippen molar-refractivity contribution in [2.45, 2.75) is 25.2 Å². The molecule has 17 heavy (non-hydrogen) atoms. The van der Waals surface area contributed by atoms with Crippen molar-refractivity contribution in [3.05, 3.63) is 46.1 Å². The summed E-state index contributed by atoms with van der Waals surface area (Å²) in [5.74, 6) is 0.940. The smallest absolute Gasteiger partial charge is 0.225 e. The fourth-order valence-electron chi connectivity index (χ4n) is 2.48. The monoisotopic (exact) mass is 248 g/mol. The molecular formula is C13H13ClN2O. The molecule has 1 aliphatic carbocycles. The lowest BCUT2D eigenvalue weighted by molar-refractivity contribution is 0.424. The Labute approximate surface area is 105 Å². The van der Waals surface area contributed by atoms with E-state index in [0.717, 1.165) is 35.5 Å². The van der Waals surface area contributed by atoms with Gasteiger partial charge in [0.2, 0.25) is 5.88 Å². The van der Waals surface area contributed by atoms with E-state index in [1.54, 1.807) is 0 Å². The number of anilines is 1. The summed E-state index contributed by atoms with van der Waals surface area (Å²) in [6.07, 6.45) is 2.89. The first-order valence-corrected chi connectivity index (χ1v) is 6.10. The molecule has 3 nitrogen and oxygen atoms in total. The van der Waals surface area contributed by atoms with Gasteiger partial charge in [0.05, 0.1) is 5.69 Å². The fourth-order valence-corrected chi connectivity index (χ4v) is 2.68. The van der Waals surface area contributed by atoms with Crippen LogP contribution in [0, 0.1) is 0 Å². The second kappa shape index (κ2) is 4.08. The van der Waals surface area contributed by atoms with Gasteiger partial charge >= 0.3 is 0 Å². The van der Waals surface area contributed by atoms with Crippen LogP contribution in [0.1, 0.15) is 29.2 Å². The molecule has 2 N–H and O–H groups in total. The number of rotatable bonds is 1. The van der Waals surface area contributed by atoms with E-state index in [1.165, 1.54) is 5.56 Å². The maximum Gasteiger partial charge on any atom is 0.225 e. The Balaban J connectivity index is 1.89. The van der Waals surface area contributed by atoms with Gasteiger partial charge in [-0.15, -0.1) is 0 Å². The van der Waals surface area contributed by atoms with E-state index in [-0.39, 0.29) is 0 Å². The van der Waals surface area contributed by atoms with Crippen molar-refractivity contribution in [1.29, 1.82) is 0 Å². The van der Waals surface area contributed by atoms with Crippen molar-refractivity contribution >= 4 is 17.5 Å². The van der Waals surface area contributed by atoms with Crippen LogP contribution in [0.15, 0.2) is 28.8 Å². The number of halogens is 1. The average Bonchev–Trinajstić information content (AvgIpc) is 2.71. The van der Waals surface area contributed by atoms with Crippen molar-refractivity contribution in [2.75, 3.05) is 5.73 Å². The predicted molar refractivity (Wildman–Crippen MR) is 67.1 cm³/mol. The molecule has 0 aliphatic heterocycles. The topological polar surface area (TPSA) is 52.0 Å². The van der Waals surface area contributed by atoms with Crippen LogP contribution in [0.4, 0.5) is 5.88 Å². The zero-order valence-corrected chi connectivity index (χ0v) is 10.1. The molecule has 1 unspecified atom stereocenters. The van der Waals surface area contributed by atoms with E-state index in [4.69, 9.17) is 21.9 Å². The minimum absolute atomic E-state index is 0.464. The third-order valence-electron chi connectivity index (χ3n) is 3.40. The van der Waals surface area contributed by atoms with Gasteiger partial charge in [-0.3, -0.25) is 0 Å². The summed E-state index contributed by atoms with van der Waals surface area (Å²) < 4.78 is 5.03. The minimum atomic E-state index is 0.464. The maximum absolute atomic E-state index is 6.01. The summed E-state index contributed by atoms with van der Waals surface area (Å²) in [6, 6.07) is 8.03. The third-order valence-corrected chi connectivity index (χ3v) is 3.64. The van der Waals surface area contributed by atoms with Crippen LogP contribution >= 0.6 is 11.6 Å². The molecule has 1 aliphatic rings. The number of hydrogen-bond donors (Lipinski definition) is 1. The number of hydrogen-bond acceptors (Lipinski definition) is 3. The summed E-state index contributed by atoms with van der Waals surface area (Å²) in [4.78, 5) is 0. The van der Waals surface area contributed by atoms with Crippen LogP contribution in [0.25, 0.3) is 0 Å². The first kappa shape index (κ1) is 10.7. The van der Waals surface area contributed by atoms with E-state index < -0.39 is 0 Å². The van der Waals surface area contributed by atoms with Crippen molar-refractivity contribution in [3.63, 3.8) is 0 Å². The zero-order valence-electron chi connectivity index (χ0n) is 9.32. The molecule has 0 bridgehead atoms. The standard InChI is InChI=1S/C13H13ClN2O/c14-10-3-1-2-8(6-10)9-4-5-11-12(7-9)16-17-13(11)15/h1-3,6,9H,4-5,7,15H2. The molecule has 1 aromatic carbocycles. The molecule has 1 aromatic heterocycles. The Bertz CT molecular complexity index is 550. The van der Waals surface area contributed by atoms with Gasteiger partial charge in [-0.1, -0.05) is 28.9 Å². The highest BCUT2D eigenvalue weighted by Gasteiger charge is 2.25. The second-order valence-electron chi connectivity index (χ2n) is 4.47. The SMILES string of the molecule is Nc1onc2c1CCC(c1cccc(Cl)c1)C2. The maximum atomic E-state index is 6.01. The van der Waals surface area contributed by atoms with Gasteiger partial charge in [0.1, 0.15) is 0 Å². The lowest BCUT2D eigenvalue weighted by Crippen LogP contribution is -2.12. The quantitative estimate of drug-likeness (QED) is 0.843. The van der Waals surface area contributed by atoms with Gasteiger partial charge in [0, 0.05) is 17.0 Å². The van der Waals surface area contributed by atoms with Gasteiger partial charge in [-0.25, -0.2) is 0 Å². The van der Waals surface area contributed by atoms with Crippen LogP contribution in [-0.4, -0.2) is 5.16 Å². The normalized spacial score (nSPS) is 19.0. The molecule has 0 spiro atoms. The molecule has 88 valence electrons.